The van der Waals surface area contributed by atoms with Gasteiger partial charge in [-0.1, -0.05) is 56.6 Å². The number of nitrogens with one attached hydrogen (secondary N) is 2. The highest BCUT2D eigenvalue weighted by atomic mass is 35.5. The van der Waals surface area contributed by atoms with Crippen LogP contribution in [0.4, 0.5) is 5.69 Å². The van der Waals surface area contributed by atoms with E-state index < -0.39 is 48.6 Å². The number of nitrogens with zero attached hydrogens (tertiary/aromatic N) is 4. The van der Waals surface area contributed by atoms with Crippen molar-refractivity contribution in [2.45, 2.75) is 97.4 Å². The first-order valence-electron chi connectivity index (χ1n) is 20.1. The van der Waals surface area contributed by atoms with E-state index in [-0.39, 0.29) is 60.5 Å². The Balaban J connectivity index is 1.42. The summed E-state index contributed by atoms with van der Waals surface area (Å²) in [5, 5.41) is 16.5. The molecule has 2 aliphatic rings. The fourth-order valence-corrected chi connectivity index (χ4v) is 7.90. The fourth-order valence-electron chi connectivity index (χ4n) is 6.66. The summed E-state index contributed by atoms with van der Waals surface area (Å²) >= 11 is 7.90. The number of amides is 4. The van der Waals surface area contributed by atoms with Crippen molar-refractivity contribution in [3.63, 3.8) is 0 Å². The monoisotopic (exact) mass is 868 g/mol. The van der Waals surface area contributed by atoms with E-state index in [1.165, 1.54) is 23.6 Å². The third-order valence-corrected chi connectivity index (χ3v) is 10.9. The van der Waals surface area contributed by atoms with Crippen LogP contribution in [-0.4, -0.2) is 108 Å². The van der Waals surface area contributed by atoms with E-state index in [4.69, 9.17) is 32.5 Å². The first-order chi connectivity index (χ1) is 28.6. The number of aryl methyl sites for hydroxylation is 1. The molecule has 0 spiro atoms. The molecule has 4 atom stereocenters. The van der Waals surface area contributed by atoms with Gasteiger partial charge in [-0.15, -0.1) is 0 Å². The summed E-state index contributed by atoms with van der Waals surface area (Å²) in [4.78, 5) is 78.6. The maximum Gasteiger partial charge on any atom is 0.329 e. The Kier molecular flexibility index (Phi) is 18.2. The lowest BCUT2D eigenvalue weighted by molar-refractivity contribution is -0.157. The van der Waals surface area contributed by atoms with Crippen molar-refractivity contribution < 1.29 is 38.6 Å². The Bertz CT molecular complexity index is 1960. The molecule has 0 unspecified atom stereocenters. The van der Waals surface area contributed by atoms with Crippen LogP contribution in [0.3, 0.4) is 0 Å². The van der Waals surface area contributed by atoms with Crippen LogP contribution < -0.4 is 31.7 Å². The van der Waals surface area contributed by atoms with E-state index in [0.717, 1.165) is 17.7 Å². The van der Waals surface area contributed by atoms with Gasteiger partial charge in [0.25, 0.3) is 5.91 Å². The number of anilines is 1. The van der Waals surface area contributed by atoms with E-state index in [1.807, 2.05) is 52.0 Å². The Morgan fingerprint density at radius 1 is 1.10 bits per heavy atom. The quantitative estimate of drug-likeness (QED) is 0.0421. The van der Waals surface area contributed by atoms with Gasteiger partial charge in [-0.05, 0) is 98.5 Å². The molecule has 2 aromatic rings. The lowest BCUT2D eigenvalue weighted by Gasteiger charge is -2.27. The number of esters is 1. The van der Waals surface area contributed by atoms with Gasteiger partial charge < -0.3 is 41.6 Å². The number of guanidine groups is 1. The average molecular weight is 869 g/mol. The number of likely N-dealkylation sites (tertiary alicyclic amines) is 1. The molecule has 2 saturated heterocycles. The number of benzene rings is 2. The van der Waals surface area contributed by atoms with Crippen molar-refractivity contribution in [3.05, 3.63) is 63.5 Å². The molecule has 0 saturated carbocycles. The van der Waals surface area contributed by atoms with Crippen LogP contribution >= 0.6 is 23.4 Å². The Hall–Kier alpha value is -5.13. The minimum atomic E-state index is -1.13. The number of thioether (sulfide) groups is 1. The summed E-state index contributed by atoms with van der Waals surface area (Å²) in [6.07, 6.45) is 3.21. The van der Waals surface area contributed by atoms with Crippen molar-refractivity contribution in [2.24, 2.45) is 27.4 Å². The number of aliphatic hydroxyl groups is 1. The number of hydrogen-bond acceptors (Lipinski definition) is 11. The number of hydrogen-bond donors (Lipinski definition) is 5. The Labute approximate surface area is 360 Å². The molecule has 4 amide bonds. The topological polar surface area (TPSA) is 231 Å². The van der Waals surface area contributed by atoms with Crippen molar-refractivity contribution in [3.8, 4) is 5.75 Å². The minimum Gasteiger partial charge on any atom is -0.488 e. The highest BCUT2D eigenvalue weighted by Crippen LogP contribution is 2.38. The summed E-state index contributed by atoms with van der Waals surface area (Å²) < 4.78 is 11.5. The van der Waals surface area contributed by atoms with Crippen LogP contribution in [0.5, 0.6) is 5.75 Å². The molecule has 18 heteroatoms. The van der Waals surface area contributed by atoms with Crippen LogP contribution in [0.2, 0.25) is 5.02 Å². The van der Waals surface area contributed by atoms with E-state index >= 15 is 0 Å². The highest BCUT2D eigenvalue weighted by Gasteiger charge is 2.37. The molecule has 2 fully saturated rings. The molecule has 0 aromatic heterocycles. The average Bonchev–Trinajstić information content (AvgIpc) is 3.82. The van der Waals surface area contributed by atoms with E-state index in [1.54, 1.807) is 29.2 Å². The van der Waals surface area contributed by atoms with Gasteiger partial charge in [0, 0.05) is 26.6 Å². The molecule has 4 rings (SSSR count). The summed E-state index contributed by atoms with van der Waals surface area (Å²) in [5.74, 6) is -2.28. The Morgan fingerprint density at radius 3 is 2.50 bits per heavy atom. The number of rotatable bonds is 20. The zero-order chi connectivity index (χ0) is 43.9. The second-order valence-corrected chi connectivity index (χ2v) is 16.4. The number of amidine groups is 1. The van der Waals surface area contributed by atoms with Crippen molar-refractivity contribution in [2.75, 3.05) is 37.7 Å². The van der Waals surface area contributed by atoms with Gasteiger partial charge in [0.1, 0.15) is 30.5 Å². The largest absolute Gasteiger partial charge is 0.488 e. The van der Waals surface area contributed by atoms with Gasteiger partial charge >= 0.3 is 5.97 Å². The normalized spacial score (nSPS) is 18.1. The van der Waals surface area contributed by atoms with Crippen LogP contribution in [0.25, 0.3) is 6.08 Å². The summed E-state index contributed by atoms with van der Waals surface area (Å²) in [6, 6.07) is 9.69. The molecule has 326 valence electrons. The number of carbonyl (C=O) groups is 5. The van der Waals surface area contributed by atoms with Crippen LogP contribution in [0, 0.1) is 12.8 Å². The van der Waals surface area contributed by atoms with Crippen molar-refractivity contribution in [1.29, 1.82) is 0 Å². The molecule has 0 aliphatic carbocycles. The lowest BCUT2D eigenvalue weighted by atomic mass is 10.0. The number of aliphatic imine (C=N–C) groups is 2. The summed E-state index contributed by atoms with van der Waals surface area (Å²) in [5.41, 5.74) is 13.2. The number of aliphatic hydroxyl groups excluding tert-OH is 1. The van der Waals surface area contributed by atoms with Gasteiger partial charge in [0.2, 0.25) is 17.7 Å². The van der Waals surface area contributed by atoms with Crippen LogP contribution in [0.15, 0.2) is 57.4 Å². The summed E-state index contributed by atoms with van der Waals surface area (Å²) in [7, 11) is 0. The third kappa shape index (κ3) is 13.4. The molecular weight excluding hydrogens is 812 g/mol. The maximum atomic E-state index is 13.7. The Morgan fingerprint density at radius 2 is 1.85 bits per heavy atom. The van der Waals surface area contributed by atoms with E-state index in [2.05, 4.69) is 20.6 Å². The molecule has 7 N–H and O–H groups in total. The zero-order valence-corrected chi connectivity index (χ0v) is 36.4. The highest BCUT2D eigenvalue weighted by molar-refractivity contribution is 8.19. The third-order valence-electron chi connectivity index (χ3n) is 9.64. The summed E-state index contributed by atoms with van der Waals surface area (Å²) in [6.45, 7) is 9.45. The predicted molar refractivity (Wildman–Crippen MR) is 234 cm³/mol. The molecule has 0 bridgehead atoms. The van der Waals surface area contributed by atoms with Gasteiger partial charge in [0.05, 0.1) is 22.2 Å². The fraction of sp³-hybridized carbons (Fsp3) is 0.500. The van der Waals surface area contributed by atoms with Crippen LogP contribution in [-0.2, 0) is 28.7 Å². The van der Waals surface area contributed by atoms with E-state index in [9.17, 15) is 29.1 Å². The maximum absolute atomic E-state index is 13.7. The molecule has 0 radical (unpaired) electrons. The first-order valence-corrected chi connectivity index (χ1v) is 21.3. The molecule has 2 heterocycles. The van der Waals surface area contributed by atoms with Crippen molar-refractivity contribution in [1.82, 2.24) is 15.5 Å². The first kappa shape index (κ1) is 47.5. The molecule has 16 nitrogen and oxygen atoms in total. The van der Waals surface area contributed by atoms with Crippen molar-refractivity contribution >= 4 is 75.9 Å². The van der Waals surface area contributed by atoms with Gasteiger partial charge in [-0.3, -0.25) is 34.1 Å². The number of para-hydroxylation sites is 1. The number of carbonyl (C=O) groups excluding carboxylic acids is 5. The molecular formula is C42H57ClN8O8S. The second-order valence-electron chi connectivity index (χ2n) is 15.0. The van der Waals surface area contributed by atoms with Crippen LogP contribution in [0.1, 0.15) is 77.3 Å². The minimum absolute atomic E-state index is 0.0600. The SMILES string of the molecule is CCCN=C1S/C(=C\c2ccc(OC[C@@H](CO)OC(=O)[C@H](CC(C)C)NC(=O)[C@@H](CCCN=C(N)N)NC(=O)[C@@H]3CCCN3C(C)=O)c(Cl)c2)C(=O)N1c1ccccc1C. The second kappa shape index (κ2) is 23.0. The van der Waals surface area contributed by atoms with Gasteiger partial charge in [0.15, 0.2) is 17.2 Å². The number of halogens is 1. The lowest BCUT2D eigenvalue weighted by Crippen LogP contribution is -2.55. The predicted octanol–water partition coefficient (Wildman–Crippen LogP) is 3.90. The number of nitrogens with two attached hydrogens (primary N) is 2. The zero-order valence-electron chi connectivity index (χ0n) is 34.8. The molecule has 2 aromatic carbocycles. The standard InChI is InChI=1S/C42H57ClN8O8S/c1-6-17-47-42-51(33-13-8-7-11-26(33)4)39(56)36(60-42)22-28-15-16-35(30(43)21-28)58-24-29(23-52)59-40(57)32(20-25(2)3)49-37(54)31(12-9-18-46-41(44)45)48-38(55)34-14-10-19-50(34)27(5)53/h7-8,11,13,15-16,21-22,25,29,31-32,34,52H,6,9-10,12,14,17-20,23-24H2,1-5H3,(H,48,55)(H,49,54)(H4,44,45,46)/b36-22-,47-42?/t29-,31-,32+,34+/m1/s1. The number of ether oxygens (including phenoxy) is 2. The molecule has 2 aliphatic heterocycles. The molecule has 60 heavy (non-hydrogen) atoms. The smallest absolute Gasteiger partial charge is 0.329 e. The van der Waals surface area contributed by atoms with Gasteiger partial charge in [-0.25, -0.2) is 4.79 Å². The van der Waals surface area contributed by atoms with Gasteiger partial charge in [-0.2, -0.15) is 0 Å². The van der Waals surface area contributed by atoms with E-state index in [0.29, 0.717) is 48.0 Å².